The molecule has 2 saturated heterocycles. The van der Waals surface area contributed by atoms with Gasteiger partial charge in [0.25, 0.3) is 0 Å². The Bertz CT molecular complexity index is 563. The third-order valence-electron chi connectivity index (χ3n) is 5.40. The lowest BCUT2D eigenvalue weighted by Gasteiger charge is -2.35. The number of rotatable bonds is 6. The Balaban J connectivity index is 1.56. The summed E-state index contributed by atoms with van der Waals surface area (Å²) in [5, 5.41) is 3.74. The van der Waals surface area contributed by atoms with Crippen molar-refractivity contribution in [2.45, 2.75) is 57.6 Å². The molecular weight excluding hydrogens is 314 g/mol. The highest BCUT2D eigenvalue weighted by atomic mass is 16.5. The molecule has 0 amide bonds. The maximum absolute atomic E-state index is 5.89. The average Bonchev–Trinajstić information content (AvgIpc) is 3.07. The van der Waals surface area contributed by atoms with Crippen LogP contribution in [0, 0.1) is 0 Å². The molecule has 0 bridgehead atoms. The van der Waals surface area contributed by atoms with E-state index in [1.807, 2.05) is 19.0 Å². The number of hydrogen-bond donors (Lipinski definition) is 1. The first-order valence-corrected chi connectivity index (χ1v) is 9.67. The summed E-state index contributed by atoms with van der Waals surface area (Å²) in [6.07, 6.45) is 5.61. The maximum Gasteiger partial charge on any atom is 0.227 e. The van der Waals surface area contributed by atoms with Crippen molar-refractivity contribution < 1.29 is 4.74 Å². The largest absolute Gasteiger partial charge is 0.374 e. The van der Waals surface area contributed by atoms with E-state index in [0.717, 1.165) is 63.0 Å². The summed E-state index contributed by atoms with van der Waals surface area (Å²) in [5.41, 5.74) is 1.15. The third kappa shape index (κ3) is 4.61. The predicted molar refractivity (Wildman–Crippen MR) is 103 cm³/mol. The van der Waals surface area contributed by atoms with Gasteiger partial charge in [-0.25, -0.2) is 4.98 Å². The van der Waals surface area contributed by atoms with Crippen LogP contribution in [0.15, 0.2) is 6.07 Å². The highest BCUT2D eigenvalue weighted by Crippen LogP contribution is 2.25. The standard InChI is InChI=1S/C19H33N5O/c1-5-15-13-17(22-18(21-15)23(3)4)24-10-7-16(8-11-24)20-14-19(2)9-6-12-25-19/h13,16,20H,5-12,14H2,1-4H3. The minimum atomic E-state index is 0.0421. The molecule has 3 rings (SSSR count). The van der Waals surface area contributed by atoms with E-state index in [1.165, 1.54) is 12.8 Å². The molecule has 140 valence electrons. The van der Waals surface area contributed by atoms with Crippen molar-refractivity contribution in [1.29, 1.82) is 0 Å². The van der Waals surface area contributed by atoms with Crippen LogP contribution in [0.1, 0.15) is 45.2 Å². The fourth-order valence-electron chi connectivity index (χ4n) is 3.66. The van der Waals surface area contributed by atoms with Crippen molar-refractivity contribution in [1.82, 2.24) is 15.3 Å². The van der Waals surface area contributed by atoms with Gasteiger partial charge in [-0.05, 0) is 39.0 Å². The minimum absolute atomic E-state index is 0.0421. The van der Waals surface area contributed by atoms with E-state index >= 15 is 0 Å². The van der Waals surface area contributed by atoms with Gasteiger partial charge < -0.3 is 19.9 Å². The van der Waals surface area contributed by atoms with Crippen molar-refractivity contribution >= 4 is 11.8 Å². The van der Waals surface area contributed by atoms with E-state index in [2.05, 4.69) is 35.1 Å². The molecule has 6 heteroatoms. The molecule has 1 N–H and O–H groups in total. The molecule has 0 radical (unpaired) electrons. The van der Waals surface area contributed by atoms with Gasteiger partial charge in [-0.2, -0.15) is 4.98 Å². The van der Waals surface area contributed by atoms with Gasteiger partial charge in [-0.1, -0.05) is 6.92 Å². The molecule has 0 aliphatic carbocycles. The van der Waals surface area contributed by atoms with E-state index in [0.29, 0.717) is 6.04 Å². The maximum atomic E-state index is 5.89. The molecular formula is C19H33N5O. The van der Waals surface area contributed by atoms with Crippen LogP contribution in [0.4, 0.5) is 11.8 Å². The second-order valence-electron chi connectivity index (χ2n) is 7.81. The normalized spacial score (nSPS) is 24.7. The number of aryl methyl sites for hydroxylation is 1. The van der Waals surface area contributed by atoms with Gasteiger partial charge >= 0.3 is 0 Å². The molecule has 1 aromatic heterocycles. The van der Waals surface area contributed by atoms with Crippen LogP contribution in [-0.2, 0) is 11.2 Å². The zero-order valence-electron chi connectivity index (χ0n) is 16.2. The fraction of sp³-hybridized carbons (Fsp3) is 0.789. The van der Waals surface area contributed by atoms with E-state index in [1.54, 1.807) is 0 Å². The van der Waals surface area contributed by atoms with Crippen LogP contribution < -0.4 is 15.1 Å². The Morgan fingerprint density at radius 2 is 2.08 bits per heavy atom. The Kier molecular flexibility index (Phi) is 5.79. The van der Waals surface area contributed by atoms with Crippen molar-refractivity contribution in [3.63, 3.8) is 0 Å². The summed E-state index contributed by atoms with van der Waals surface area (Å²) in [6, 6.07) is 2.73. The molecule has 1 atom stereocenters. The highest BCUT2D eigenvalue weighted by Gasteiger charge is 2.31. The molecule has 3 heterocycles. The molecule has 6 nitrogen and oxygen atoms in total. The first-order chi connectivity index (χ1) is 12.0. The lowest BCUT2D eigenvalue weighted by atomic mass is 10.00. The molecule has 2 aliphatic rings. The molecule has 0 aromatic carbocycles. The predicted octanol–water partition coefficient (Wildman–Crippen LogP) is 2.23. The number of hydrogen-bond acceptors (Lipinski definition) is 6. The van der Waals surface area contributed by atoms with Crippen LogP contribution in [0.2, 0.25) is 0 Å². The zero-order valence-corrected chi connectivity index (χ0v) is 16.2. The minimum Gasteiger partial charge on any atom is -0.374 e. The van der Waals surface area contributed by atoms with Crippen LogP contribution in [0.5, 0.6) is 0 Å². The Morgan fingerprint density at radius 3 is 2.68 bits per heavy atom. The van der Waals surface area contributed by atoms with E-state index in [4.69, 9.17) is 9.72 Å². The van der Waals surface area contributed by atoms with Crippen LogP contribution in [0.25, 0.3) is 0 Å². The molecule has 0 saturated carbocycles. The number of piperidine rings is 1. The van der Waals surface area contributed by atoms with Gasteiger partial charge in [0, 0.05) is 58.1 Å². The molecule has 1 aromatic rings. The topological polar surface area (TPSA) is 53.5 Å². The Morgan fingerprint density at radius 1 is 1.32 bits per heavy atom. The lowest BCUT2D eigenvalue weighted by Crippen LogP contribution is -2.47. The van der Waals surface area contributed by atoms with Crippen molar-refractivity contribution in [3.05, 3.63) is 11.8 Å². The first-order valence-electron chi connectivity index (χ1n) is 9.67. The van der Waals surface area contributed by atoms with E-state index < -0.39 is 0 Å². The van der Waals surface area contributed by atoms with Crippen LogP contribution in [0.3, 0.4) is 0 Å². The van der Waals surface area contributed by atoms with Gasteiger partial charge in [-0.3, -0.25) is 0 Å². The monoisotopic (exact) mass is 347 g/mol. The first kappa shape index (κ1) is 18.4. The summed E-state index contributed by atoms with van der Waals surface area (Å²) in [4.78, 5) is 13.7. The molecule has 2 aliphatic heterocycles. The Labute approximate surface area is 152 Å². The van der Waals surface area contributed by atoms with E-state index in [-0.39, 0.29) is 5.60 Å². The van der Waals surface area contributed by atoms with Crippen LogP contribution in [-0.4, -0.2) is 61.9 Å². The summed E-state index contributed by atoms with van der Waals surface area (Å²) in [7, 11) is 4.00. The number of nitrogens with zero attached hydrogens (tertiary/aromatic N) is 4. The smallest absolute Gasteiger partial charge is 0.227 e. The SMILES string of the molecule is CCc1cc(N2CCC(NCC3(C)CCCO3)CC2)nc(N(C)C)n1. The van der Waals surface area contributed by atoms with Gasteiger partial charge in [0.1, 0.15) is 5.82 Å². The number of nitrogens with one attached hydrogen (secondary N) is 1. The number of anilines is 2. The molecule has 0 spiro atoms. The third-order valence-corrected chi connectivity index (χ3v) is 5.40. The summed E-state index contributed by atoms with van der Waals surface area (Å²) >= 11 is 0. The molecule has 2 fully saturated rings. The summed E-state index contributed by atoms with van der Waals surface area (Å²) in [5.74, 6) is 1.88. The second-order valence-corrected chi connectivity index (χ2v) is 7.81. The highest BCUT2D eigenvalue weighted by molar-refractivity contribution is 5.46. The van der Waals surface area contributed by atoms with Gasteiger partial charge in [0.15, 0.2) is 0 Å². The molecule has 1 unspecified atom stereocenters. The van der Waals surface area contributed by atoms with Crippen molar-refractivity contribution in [2.75, 3.05) is 50.1 Å². The zero-order chi connectivity index (χ0) is 17.9. The Hall–Kier alpha value is -1.40. The number of ether oxygens (including phenoxy) is 1. The summed E-state index contributed by atoms with van der Waals surface area (Å²) < 4.78 is 5.89. The van der Waals surface area contributed by atoms with Crippen molar-refractivity contribution in [2.24, 2.45) is 0 Å². The quantitative estimate of drug-likeness (QED) is 0.852. The lowest BCUT2D eigenvalue weighted by molar-refractivity contribution is 0.0181. The van der Waals surface area contributed by atoms with Crippen molar-refractivity contribution in [3.8, 4) is 0 Å². The van der Waals surface area contributed by atoms with Crippen LogP contribution >= 0.6 is 0 Å². The van der Waals surface area contributed by atoms with E-state index in [9.17, 15) is 0 Å². The summed E-state index contributed by atoms with van der Waals surface area (Å²) in [6.45, 7) is 8.35. The van der Waals surface area contributed by atoms with Gasteiger partial charge in [-0.15, -0.1) is 0 Å². The van der Waals surface area contributed by atoms with Gasteiger partial charge in [0.2, 0.25) is 5.95 Å². The van der Waals surface area contributed by atoms with Gasteiger partial charge in [0.05, 0.1) is 5.60 Å². The fourth-order valence-corrected chi connectivity index (χ4v) is 3.66. The number of aromatic nitrogens is 2. The second kappa shape index (κ2) is 7.87. The molecule has 25 heavy (non-hydrogen) atoms. The average molecular weight is 348 g/mol.